The second-order valence-corrected chi connectivity index (χ2v) is 7.40. The van der Waals surface area contributed by atoms with Crippen molar-refractivity contribution in [1.82, 2.24) is 4.98 Å². The van der Waals surface area contributed by atoms with Gasteiger partial charge in [0.15, 0.2) is 0 Å². The maximum atomic E-state index is 12.6. The highest BCUT2D eigenvalue weighted by Gasteiger charge is 2.20. The van der Waals surface area contributed by atoms with Crippen molar-refractivity contribution in [2.24, 2.45) is 0 Å². The Hall–Kier alpha value is -2.15. The van der Waals surface area contributed by atoms with Crippen LogP contribution in [0, 0.1) is 6.92 Å². The number of aliphatic hydroxyl groups is 1. The van der Waals surface area contributed by atoms with Crippen LogP contribution in [0.25, 0.3) is 10.2 Å². The molecule has 1 amide bonds. The smallest absolute Gasteiger partial charge is 0.267 e. The van der Waals surface area contributed by atoms with Gasteiger partial charge >= 0.3 is 0 Å². The molecule has 0 spiro atoms. The first-order chi connectivity index (χ1) is 11.8. The predicted octanol–water partition coefficient (Wildman–Crippen LogP) is 4.02. The van der Waals surface area contributed by atoms with E-state index in [-0.39, 0.29) is 5.91 Å². The van der Waals surface area contributed by atoms with Crippen LogP contribution in [0.15, 0.2) is 30.3 Å². The van der Waals surface area contributed by atoms with Gasteiger partial charge in [-0.15, -0.1) is 11.3 Å². The van der Waals surface area contributed by atoms with Gasteiger partial charge in [0.05, 0.1) is 11.8 Å². The number of rotatable bonds is 4. The molecule has 0 aliphatic rings. The summed E-state index contributed by atoms with van der Waals surface area (Å²) in [5.41, 5.74) is 8.96. The van der Waals surface area contributed by atoms with E-state index in [0.717, 1.165) is 16.6 Å². The number of fused-ring (bicyclic) bond motifs is 1. The second kappa shape index (κ2) is 7.00. The molecule has 4 N–H and O–H groups in total. The summed E-state index contributed by atoms with van der Waals surface area (Å²) >= 11 is 7.20. The first-order valence-electron chi connectivity index (χ1n) is 7.78. The molecule has 1 aromatic carbocycles. The number of hydrogen-bond donors (Lipinski definition) is 3. The lowest BCUT2D eigenvalue weighted by Gasteiger charge is -2.08. The molecule has 3 aromatic rings. The fraction of sp³-hybridized carbons (Fsp3) is 0.222. The van der Waals surface area contributed by atoms with Crippen LogP contribution in [-0.2, 0) is 6.42 Å². The largest absolute Gasteiger partial charge is 0.397 e. The number of aryl methyl sites for hydroxylation is 1. The van der Waals surface area contributed by atoms with E-state index in [9.17, 15) is 9.90 Å². The fourth-order valence-electron chi connectivity index (χ4n) is 2.74. The van der Waals surface area contributed by atoms with Gasteiger partial charge in [-0.05, 0) is 50.1 Å². The summed E-state index contributed by atoms with van der Waals surface area (Å²) in [5, 5.41) is 13.8. The Morgan fingerprint density at radius 2 is 2.20 bits per heavy atom. The summed E-state index contributed by atoms with van der Waals surface area (Å²) in [6.07, 6.45) is -0.0519. The Labute approximate surface area is 154 Å². The highest BCUT2D eigenvalue weighted by Crippen LogP contribution is 2.36. The number of amides is 1. The lowest BCUT2D eigenvalue weighted by Crippen LogP contribution is -2.12. The number of anilines is 2. The van der Waals surface area contributed by atoms with E-state index in [1.807, 2.05) is 13.0 Å². The van der Waals surface area contributed by atoms with Gasteiger partial charge in [0, 0.05) is 21.8 Å². The number of halogens is 1. The van der Waals surface area contributed by atoms with Gasteiger partial charge in [-0.3, -0.25) is 4.79 Å². The molecule has 1 atom stereocenters. The summed E-state index contributed by atoms with van der Waals surface area (Å²) in [6, 6.07) is 8.83. The van der Waals surface area contributed by atoms with Gasteiger partial charge in [0.25, 0.3) is 5.91 Å². The third-order valence-electron chi connectivity index (χ3n) is 3.71. The number of nitrogens with two attached hydrogens (primary N) is 1. The van der Waals surface area contributed by atoms with Crippen molar-refractivity contribution in [1.29, 1.82) is 0 Å². The Balaban J connectivity index is 2.02. The average Bonchev–Trinajstić information content (AvgIpc) is 2.83. The lowest BCUT2D eigenvalue weighted by molar-refractivity contribution is 0.103. The number of aliphatic hydroxyl groups excluding tert-OH is 1. The van der Waals surface area contributed by atoms with Crippen LogP contribution in [0.3, 0.4) is 0 Å². The van der Waals surface area contributed by atoms with E-state index >= 15 is 0 Å². The van der Waals surface area contributed by atoms with Crippen molar-refractivity contribution in [2.75, 3.05) is 11.1 Å². The summed E-state index contributed by atoms with van der Waals surface area (Å²) in [7, 11) is 0. The Morgan fingerprint density at radius 3 is 2.88 bits per heavy atom. The first kappa shape index (κ1) is 17.7. The van der Waals surface area contributed by atoms with Gasteiger partial charge in [-0.25, -0.2) is 4.98 Å². The standard InChI is InChI=1S/C18H18ClN3O2S/c1-9-6-11(7-10(2)23)14-15(20)16(25-18(14)21-9)17(24)22-13-5-3-4-12(19)8-13/h3-6,8,10,23H,7,20H2,1-2H3,(H,22,24). The highest BCUT2D eigenvalue weighted by atomic mass is 35.5. The van der Waals surface area contributed by atoms with Gasteiger partial charge in [0.1, 0.15) is 9.71 Å². The third-order valence-corrected chi connectivity index (χ3v) is 5.05. The van der Waals surface area contributed by atoms with Gasteiger partial charge < -0.3 is 16.2 Å². The number of hydrogen-bond acceptors (Lipinski definition) is 5. The van der Waals surface area contributed by atoms with Crippen molar-refractivity contribution in [2.45, 2.75) is 26.4 Å². The zero-order chi connectivity index (χ0) is 18.1. The van der Waals surface area contributed by atoms with E-state index in [1.54, 1.807) is 31.2 Å². The number of carbonyl (C=O) groups is 1. The van der Waals surface area contributed by atoms with Gasteiger partial charge in [0.2, 0.25) is 0 Å². The molecule has 5 nitrogen and oxygen atoms in total. The van der Waals surface area contributed by atoms with E-state index in [4.69, 9.17) is 17.3 Å². The van der Waals surface area contributed by atoms with Crippen LogP contribution in [-0.4, -0.2) is 22.1 Å². The van der Waals surface area contributed by atoms with Crippen molar-refractivity contribution >= 4 is 50.4 Å². The Bertz CT molecular complexity index is 953. The van der Waals surface area contributed by atoms with Crippen LogP contribution < -0.4 is 11.1 Å². The van der Waals surface area contributed by atoms with Crippen LogP contribution in [0.4, 0.5) is 11.4 Å². The molecule has 0 aliphatic heterocycles. The lowest BCUT2D eigenvalue weighted by atomic mass is 10.0. The quantitative estimate of drug-likeness (QED) is 0.642. The van der Waals surface area contributed by atoms with Crippen LogP contribution in [0.2, 0.25) is 5.02 Å². The molecule has 0 bridgehead atoms. The van der Waals surface area contributed by atoms with E-state index in [2.05, 4.69) is 10.3 Å². The molecule has 7 heteroatoms. The van der Waals surface area contributed by atoms with Crippen molar-refractivity contribution in [3.05, 3.63) is 51.5 Å². The number of nitrogen functional groups attached to an aromatic ring is 1. The SMILES string of the molecule is Cc1cc(CC(C)O)c2c(N)c(C(=O)Nc3cccc(Cl)c3)sc2n1. The number of benzene rings is 1. The molecule has 2 aromatic heterocycles. The number of nitrogens with zero attached hydrogens (tertiary/aromatic N) is 1. The monoisotopic (exact) mass is 375 g/mol. The zero-order valence-electron chi connectivity index (χ0n) is 13.8. The number of thiophene rings is 1. The normalized spacial score (nSPS) is 12.3. The molecule has 0 fully saturated rings. The van der Waals surface area contributed by atoms with Crippen LogP contribution in [0.5, 0.6) is 0 Å². The first-order valence-corrected chi connectivity index (χ1v) is 8.98. The molecule has 2 heterocycles. The van der Waals surface area contributed by atoms with E-state index < -0.39 is 6.10 Å². The summed E-state index contributed by atoms with van der Waals surface area (Å²) in [6.45, 7) is 3.60. The molecule has 3 rings (SSSR count). The van der Waals surface area contributed by atoms with Gasteiger partial charge in [-0.1, -0.05) is 17.7 Å². The number of nitrogens with one attached hydrogen (secondary N) is 1. The highest BCUT2D eigenvalue weighted by molar-refractivity contribution is 7.21. The van der Waals surface area contributed by atoms with E-state index in [0.29, 0.717) is 32.5 Å². The van der Waals surface area contributed by atoms with Gasteiger partial charge in [-0.2, -0.15) is 0 Å². The molecule has 130 valence electrons. The van der Waals surface area contributed by atoms with Crippen LogP contribution >= 0.6 is 22.9 Å². The number of pyridine rings is 1. The van der Waals surface area contributed by atoms with Crippen LogP contribution in [0.1, 0.15) is 27.9 Å². The minimum Gasteiger partial charge on any atom is -0.397 e. The summed E-state index contributed by atoms with van der Waals surface area (Å²) in [5.74, 6) is -0.302. The van der Waals surface area contributed by atoms with Crippen molar-refractivity contribution < 1.29 is 9.90 Å². The summed E-state index contributed by atoms with van der Waals surface area (Å²) < 4.78 is 0. The molecule has 0 aliphatic carbocycles. The zero-order valence-corrected chi connectivity index (χ0v) is 15.4. The predicted molar refractivity (Wildman–Crippen MR) is 104 cm³/mol. The Kier molecular flexibility index (Phi) is 4.94. The molecule has 25 heavy (non-hydrogen) atoms. The topological polar surface area (TPSA) is 88.2 Å². The maximum absolute atomic E-state index is 12.6. The summed E-state index contributed by atoms with van der Waals surface area (Å²) in [4.78, 5) is 18.2. The fourth-order valence-corrected chi connectivity index (χ4v) is 4.01. The second-order valence-electron chi connectivity index (χ2n) is 5.97. The van der Waals surface area contributed by atoms with E-state index in [1.165, 1.54) is 11.3 Å². The molecular weight excluding hydrogens is 358 g/mol. The molecule has 1 unspecified atom stereocenters. The molecule has 0 radical (unpaired) electrons. The van der Waals surface area contributed by atoms with Crippen molar-refractivity contribution in [3.63, 3.8) is 0 Å². The molecule has 0 saturated heterocycles. The third kappa shape index (κ3) is 3.76. The number of aromatic nitrogens is 1. The van der Waals surface area contributed by atoms with Crippen molar-refractivity contribution in [3.8, 4) is 0 Å². The number of carbonyl (C=O) groups excluding carboxylic acids is 1. The molecular formula is C18H18ClN3O2S. The Morgan fingerprint density at radius 1 is 1.44 bits per heavy atom. The maximum Gasteiger partial charge on any atom is 0.267 e. The minimum atomic E-state index is -0.506. The minimum absolute atomic E-state index is 0.302. The molecule has 0 saturated carbocycles. The average molecular weight is 376 g/mol.